The van der Waals surface area contributed by atoms with Crippen LogP contribution >= 0.6 is 11.3 Å². The first-order valence-electron chi connectivity index (χ1n) is 4.20. The summed E-state index contributed by atoms with van der Waals surface area (Å²) in [5.41, 5.74) is 7.91. The Kier molecular flexibility index (Phi) is 2.69. The number of aromatic nitrogens is 1. The highest BCUT2D eigenvalue weighted by molar-refractivity contribution is 7.18. The Morgan fingerprint density at radius 3 is 3.06 bits per heavy atom. The summed E-state index contributed by atoms with van der Waals surface area (Å²) in [6.07, 6.45) is 1.22. The molecule has 2 rings (SSSR count). The van der Waals surface area contributed by atoms with E-state index in [9.17, 15) is 10.1 Å². The topological polar surface area (TPSA) is 92.2 Å². The monoisotopic (exact) mass is 233 g/mol. The summed E-state index contributed by atoms with van der Waals surface area (Å²) in [6.45, 7) is 0. The number of rotatable bonds is 3. The minimum absolute atomic E-state index is 0.00723. The van der Waals surface area contributed by atoms with Crippen molar-refractivity contribution in [3.8, 4) is 10.6 Å². The van der Waals surface area contributed by atoms with Gasteiger partial charge >= 0.3 is 5.00 Å². The summed E-state index contributed by atoms with van der Waals surface area (Å²) in [6, 6.07) is 7.68. The fourth-order valence-corrected chi connectivity index (χ4v) is 1.86. The maximum absolute atomic E-state index is 10.5. The molecule has 0 saturated heterocycles. The molecule has 1 radical (unpaired) electrons. The lowest BCUT2D eigenvalue weighted by Gasteiger charge is -1.95. The molecule has 0 atom stereocenters. The number of nitro groups is 1. The van der Waals surface area contributed by atoms with Gasteiger partial charge < -0.3 is 0 Å². The van der Waals surface area contributed by atoms with E-state index in [1.165, 1.54) is 6.20 Å². The van der Waals surface area contributed by atoms with Crippen LogP contribution in [-0.2, 0) is 0 Å². The maximum Gasteiger partial charge on any atom is 0.344 e. The largest absolute Gasteiger partial charge is 0.344 e. The predicted molar refractivity (Wildman–Crippen MR) is 57.8 cm³/mol. The third-order valence-corrected chi connectivity index (χ3v) is 2.83. The Labute approximate surface area is 94.2 Å². The van der Waals surface area contributed by atoms with Crippen molar-refractivity contribution in [2.24, 2.45) is 5.11 Å². The average molecular weight is 233 g/mol. The molecule has 79 valence electrons. The molecule has 0 aliphatic carbocycles. The van der Waals surface area contributed by atoms with Gasteiger partial charge in [0.25, 0.3) is 0 Å². The third kappa shape index (κ3) is 1.94. The fourth-order valence-electron chi connectivity index (χ4n) is 1.13. The average Bonchev–Trinajstić information content (AvgIpc) is 2.78. The minimum atomic E-state index is -0.480. The molecule has 1 aromatic carbocycles. The van der Waals surface area contributed by atoms with E-state index in [-0.39, 0.29) is 5.00 Å². The van der Waals surface area contributed by atoms with Crippen molar-refractivity contribution in [3.05, 3.63) is 40.6 Å². The highest BCUT2D eigenvalue weighted by Gasteiger charge is 2.12. The third-order valence-electron chi connectivity index (χ3n) is 1.83. The molecule has 1 aromatic heterocycles. The van der Waals surface area contributed by atoms with Gasteiger partial charge in [0.15, 0.2) is 0 Å². The molecular formula is C9H5N4O2S. The van der Waals surface area contributed by atoms with Gasteiger partial charge in [-0.3, -0.25) is 10.1 Å². The van der Waals surface area contributed by atoms with E-state index >= 15 is 0 Å². The van der Waals surface area contributed by atoms with Crippen LogP contribution in [0.1, 0.15) is 0 Å². The van der Waals surface area contributed by atoms with Crippen molar-refractivity contribution in [3.63, 3.8) is 0 Å². The zero-order chi connectivity index (χ0) is 11.5. The summed E-state index contributed by atoms with van der Waals surface area (Å²) in [7, 11) is 0. The predicted octanol–water partition coefficient (Wildman–Crippen LogP) is 3.18. The van der Waals surface area contributed by atoms with Gasteiger partial charge in [0.05, 0.1) is 10.6 Å². The van der Waals surface area contributed by atoms with E-state index in [1.807, 2.05) is 0 Å². The van der Waals surface area contributed by atoms with Crippen LogP contribution < -0.4 is 0 Å². The quantitative estimate of drug-likeness (QED) is 0.501. The number of hydrogen-bond donors (Lipinski definition) is 1. The zero-order valence-electron chi connectivity index (χ0n) is 7.88. The van der Waals surface area contributed by atoms with E-state index < -0.39 is 4.92 Å². The van der Waals surface area contributed by atoms with Gasteiger partial charge in [0.1, 0.15) is 11.2 Å². The van der Waals surface area contributed by atoms with Gasteiger partial charge in [-0.2, -0.15) is 5.11 Å². The van der Waals surface area contributed by atoms with Crippen LogP contribution in [0.4, 0.5) is 10.7 Å². The first-order valence-corrected chi connectivity index (χ1v) is 5.02. The Hall–Kier alpha value is -2.15. The summed E-state index contributed by atoms with van der Waals surface area (Å²) in [5, 5.41) is 14.3. The van der Waals surface area contributed by atoms with Gasteiger partial charge in [-0.15, -0.1) is 0 Å². The van der Waals surface area contributed by atoms with Gasteiger partial charge in [-0.25, -0.2) is 10.5 Å². The molecule has 0 spiro atoms. The molecule has 0 fully saturated rings. The van der Waals surface area contributed by atoms with Crippen molar-refractivity contribution in [1.82, 2.24) is 4.98 Å². The molecule has 2 aromatic rings. The van der Waals surface area contributed by atoms with Gasteiger partial charge in [-0.05, 0) is 17.4 Å². The van der Waals surface area contributed by atoms with Crippen LogP contribution in [0.15, 0.2) is 29.5 Å². The van der Waals surface area contributed by atoms with Crippen LogP contribution in [-0.4, -0.2) is 9.91 Å². The highest BCUT2D eigenvalue weighted by atomic mass is 32.1. The Bertz CT molecular complexity index is 552. The highest BCUT2D eigenvalue weighted by Crippen LogP contribution is 2.31. The lowest BCUT2D eigenvalue weighted by molar-refractivity contribution is -0.380. The van der Waals surface area contributed by atoms with E-state index in [0.717, 1.165) is 11.3 Å². The summed E-state index contributed by atoms with van der Waals surface area (Å²) >= 11 is 0.986. The van der Waals surface area contributed by atoms with Crippen molar-refractivity contribution < 1.29 is 4.92 Å². The van der Waals surface area contributed by atoms with E-state index in [0.29, 0.717) is 16.3 Å². The molecule has 0 amide bonds. The standard InChI is InChI=1S/C9H5N4O2S/c10-12-7-3-1-2-6(4-7)9-11-5-8(16-9)13(14)15/h1-2,4-5,10H. The smallest absolute Gasteiger partial charge is 0.257 e. The molecule has 6 nitrogen and oxygen atoms in total. The number of thiazole rings is 1. The SMILES string of the molecule is N=Nc1[c]ccc(-c2ncc([N+](=O)[O-])s2)c1. The molecular weight excluding hydrogens is 228 g/mol. The number of nitrogens with zero attached hydrogens (tertiary/aromatic N) is 3. The van der Waals surface area contributed by atoms with E-state index in [2.05, 4.69) is 16.2 Å². The normalized spacial score (nSPS) is 10.0. The number of nitrogens with one attached hydrogen (secondary N) is 1. The Morgan fingerprint density at radius 2 is 2.44 bits per heavy atom. The Morgan fingerprint density at radius 1 is 1.62 bits per heavy atom. The molecule has 0 unspecified atom stereocenters. The molecule has 0 aliphatic heterocycles. The van der Waals surface area contributed by atoms with E-state index in [4.69, 9.17) is 5.53 Å². The molecule has 1 heterocycles. The van der Waals surface area contributed by atoms with Crippen LogP contribution in [0.3, 0.4) is 0 Å². The second kappa shape index (κ2) is 4.15. The molecule has 16 heavy (non-hydrogen) atoms. The van der Waals surface area contributed by atoms with Crippen LogP contribution in [0, 0.1) is 21.7 Å². The second-order valence-corrected chi connectivity index (χ2v) is 3.84. The first-order chi connectivity index (χ1) is 7.70. The first kappa shape index (κ1) is 10.4. The van der Waals surface area contributed by atoms with E-state index in [1.54, 1.807) is 18.2 Å². The van der Waals surface area contributed by atoms with Crippen LogP contribution in [0.5, 0.6) is 0 Å². The van der Waals surface area contributed by atoms with Crippen molar-refractivity contribution >= 4 is 22.0 Å². The van der Waals surface area contributed by atoms with Crippen molar-refractivity contribution in [2.45, 2.75) is 0 Å². The van der Waals surface area contributed by atoms with Crippen LogP contribution in [0.25, 0.3) is 10.6 Å². The maximum atomic E-state index is 10.5. The lowest BCUT2D eigenvalue weighted by atomic mass is 10.2. The van der Waals surface area contributed by atoms with Crippen LogP contribution in [0.2, 0.25) is 0 Å². The fraction of sp³-hybridized carbons (Fsp3) is 0. The zero-order valence-corrected chi connectivity index (χ0v) is 8.69. The van der Waals surface area contributed by atoms with Gasteiger partial charge in [0.2, 0.25) is 0 Å². The number of hydrogen-bond acceptors (Lipinski definition) is 6. The molecule has 0 saturated carbocycles. The molecule has 0 bridgehead atoms. The molecule has 1 N–H and O–H groups in total. The molecule has 7 heteroatoms. The van der Waals surface area contributed by atoms with Gasteiger partial charge in [-0.1, -0.05) is 12.1 Å². The minimum Gasteiger partial charge on any atom is -0.257 e. The molecule has 0 aliphatic rings. The summed E-state index contributed by atoms with van der Waals surface area (Å²) < 4.78 is 0. The lowest BCUT2D eigenvalue weighted by Crippen LogP contribution is -1.80. The number of benzene rings is 1. The second-order valence-electron chi connectivity index (χ2n) is 2.84. The van der Waals surface area contributed by atoms with Crippen molar-refractivity contribution in [2.75, 3.05) is 0 Å². The summed E-state index contributed by atoms with van der Waals surface area (Å²) in [5.74, 6) is 0. The van der Waals surface area contributed by atoms with Crippen molar-refractivity contribution in [1.29, 1.82) is 5.53 Å². The Balaban J connectivity index is 2.42. The van der Waals surface area contributed by atoms with Gasteiger partial charge in [0, 0.05) is 11.6 Å². The summed E-state index contributed by atoms with van der Waals surface area (Å²) in [4.78, 5) is 14.0.